The van der Waals surface area contributed by atoms with Crippen molar-refractivity contribution in [3.05, 3.63) is 42.2 Å². The van der Waals surface area contributed by atoms with Crippen LogP contribution in [0.25, 0.3) is 0 Å². The van der Waals surface area contributed by atoms with Gasteiger partial charge in [-0.15, -0.1) is 6.58 Å². The van der Waals surface area contributed by atoms with Crippen LogP contribution in [0.2, 0.25) is 0 Å². The maximum Gasteiger partial charge on any atom is 0.270 e. The van der Waals surface area contributed by atoms with Gasteiger partial charge in [0.1, 0.15) is 5.69 Å². The van der Waals surface area contributed by atoms with Crippen LogP contribution in [0.3, 0.4) is 0 Å². The Morgan fingerprint density at radius 2 is 2.10 bits per heavy atom. The van der Waals surface area contributed by atoms with Gasteiger partial charge in [-0.1, -0.05) is 25.8 Å². The van der Waals surface area contributed by atoms with Crippen LogP contribution in [0.15, 0.2) is 31.0 Å². The maximum atomic E-state index is 11.9. The fourth-order valence-corrected chi connectivity index (χ4v) is 1.63. The molecule has 1 aromatic heterocycles. The summed E-state index contributed by atoms with van der Waals surface area (Å²) < 4.78 is 0. The molecule has 0 aliphatic rings. The molecule has 108 valence electrons. The molecule has 2 N–H and O–H groups in total. The normalized spacial score (nSPS) is 9.85. The van der Waals surface area contributed by atoms with Crippen LogP contribution < -0.4 is 10.6 Å². The fraction of sp³-hybridized carbons (Fsp3) is 0.400. The zero-order valence-corrected chi connectivity index (χ0v) is 11.8. The molecule has 0 fully saturated rings. The van der Waals surface area contributed by atoms with E-state index in [2.05, 4.69) is 29.1 Å². The van der Waals surface area contributed by atoms with E-state index in [1.54, 1.807) is 12.1 Å². The van der Waals surface area contributed by atoms with Crippen molar-refractivity contribution in [1.29, 1.82) is 0 Å². The van der Waals surface area contributed by atoms with Gasteiger partial charge in [-0.05, 0) is 18.6 Å². The molecule has 20 heavy (non-hydrogen) atoms. The van der Waals surface area contributed by atoms with Crippen LogP contribution in [0.5, 0.6) is 0 Å². The second-order valence-corrected chi connectivity index (χ2v) is 4.39. The Balaban J connectivity index is 2.60. The maximum absolute atomic E-state index is 11.9. The van der Waals surface area contributed by atoms with E-state index >= 15 is 0 Å². The van der Waals surface area contributed by atoms with Crippen molar-refractivity contribution in [3.63, 3.8) is 0 Å². The van der Waals surface area contributed by atoms with Gasteiger partial charge in [0.25, 0.3) is 11.8 Å². The SMILES string of the molecule is C=CCNC(=O)c1cc(C(=O)NCCCCC)ccn1. The fourth-order valence-electron chi connectivity index (χ4n) is 1.63. The number of carbonyl (C=O) groups is 2. The van der Waals surface area contributed by atoms with Gasteiger partial charge in [0.05, 0.1) is 0 Å². The summed E-state index contributed by atoms with van der Waals surface area (Å²) >= 11 is 0. The molecule has 2 amide bonds. The minimum atomic E-state index is -0.314. The van der Waals surface area contributed by atoms with Crippen molar-refractivity contribution in [2.24, 2.45) is 0 Å². The number of hydrogen-bond donors (Lipinski definition) is 2. The molecular weight excluding hydrogens is 254 g/mol. The van der Waals surface area contributed by atoms with Crippen molar-refractivity contribution >= 4 is 11.8 Å². The van der Waals surface area contributed by atoms with Crippen molar-refractivity contribution in [2.75, 3.05) is 13.1 Å². The first kappa shape index (κ1) is 15.9. The van der Waals surface area contributed by atoms with Crippen LogP contribution in [0.4, 0.5) is 0 Å². The highest BCUT2D eigenvalue weighted by molar-refractivity contribution is 5.98. The smallest absolute Gasteiger partial charge is 0.270 e. The second kappa shape index (κ2) is 8.85. The van der Waals surface area contributed by atoms with Gasteiger partial charge in [0, 0.05) is 24.8 Å². The molecule has 0 aliphatic carbocycles. The Morgan fingerprint density at radius 1 is 1.30 bits per heavy atom. The van der Waals surface area contributed by atoms with E-state index < -0.39 is 0 Å². The molecular formula is C15H21N3O2. The van der Waals surface area contributed by atoms with Gasteiger partial charge in [-0.2, -0.15) is 0 Å². The molecule has 0 aliphatic heterocycles. The molecule has 0 unspecified atom stereocenters. The monoisotopic (exact) mass is 275 g/mol. The summed E-state index contributed by atoms with van der Waals surface area (Å²) in [6.07, 6.45) is 6.20. The topological polar surface area (TPSA) is 71.1 Å². The number of nitrogens with one attached hydrogen (secondary N) is 2. The van der Waals surface area contributed by atoms with Gasteiger partial charge < -0.3 is 10.6 Å². The molecule has 0 saturated heterocycles. The average Bonchev–Trinajstić information content (AvgIpc) is 2.49. The Morgan fingerprint density at radius 3 is 2.80 bits per heavy atom. The number of unbranched alkanes of at least 4 members (excludes halogenated alkanes) is 2. The van der Waals surface area contributed by atoms with Gasteiger partial charge in [0.15, 0.2) is 0 Å². The lowest BCUT2D eigenvalue weighted by Gasteiger charge is -2.06. The molecule has 5 heteroatoms. The average molecular weight is 275 g/mol. The summed E-state index contributed by atoms with van der Waals surface area (Å²) in [7, 11) is 0. The Bertz CT molecular complexity index is 472. The lowest BCUT2D eigenvalue weighted by atomic mass is 10.2. The van der Waals surface area contributed by atoms with Crippen molar-refractivity contribution < 1.29 is 9.59 Å². The molecule has 5 nitrogen and oxygen atoms in total. The van der Waals surface area contributed by atoms with Crippen LogP contribution in [-0.2, 0) is 0 Å². The zero-order valence-electron chi connectivity index (χ0n) is 11.8. The lowest BCUT2D eigenvalue weighted by Crippen LogP contribution is -2.27. The minimum Gasteiger partial charge on any atom is -0.352 e. The van der Waals surface area contributed by atoms with E-state index in [-0.39, 0.29) is 17.5 Å². The van der Waals surface area contributed by atoms with Crippen LogP contribution in [-0.4, -0.2) is 29.9 Å². The minimum absolute atomic E-state index is 0.179. The number of carbonyl (C=O) groups excluding carboxylic acids is 2. The number of rotatable bonds is 8. The van der Waals surface area contributed by atoms with Crippen molar-refractivity contribution in [1.82, 2.24) is 15.6 Å². The second-order valence-electron chi connectivity index (χ2n) is 4.39. The summed E-state index contributed by atoms with van der Waals surface area (Å²) in [5.74, 6) is -0.494. The number of amides is 2. The molecule has 0 spiro atoms. The molecule has 0 atom stereocenters. The summed E-state index contributed by atoms with van der Waals surface area (Å²) in [6, 6.07) is 3.09. The zero-order chi connectivity index (χ0) is 14.8. The summed E-state index contributed by atoms with van der Waals surface area (Å²) in [6.45, 7) is 6.65. The third-order valence-electron chi connectivity index (χ3n) is 2.73. The first-order chi connectivity index (χ1) is 9.69. The largest absolute Gasteiger partial charge is 0.352 e. The van der Waals surface area contributed by atoms with E-state index in [1.165, 1.54) is 12.3 Å². The Hall–Kier alpha value is -2.17. The van der Waals surface area contributed by atoms with Gasteiger partial charge >= 0.3 is 0 Å². The molecule has 1 heterocycles. The summed E-state index contributed by atoms with van der Waals surface area (Å²) in [4.78, 5) is 27.6. The van der Waals surface area contributed by atoms with Crippen molar-refractivity contribution in [3.8, 4) is 0 Å². The predicted octanol–water partition coefficient (Wildman–Crippen LogP) is 1.92. The third-order valence-corrected chi connectivity index (χ3v) is 2.73. The molecule has 0 bridgehead atoms. The lowest BCUT2D eigenvalue weighted by molar-refractivity contribution is 0.0953. The van der Waals surface area contributed by atoms with Gasteiger partial charge in [0.2, 0.25) is 0 Å². The number of aromatic nitrogens is 1. The molecule has 0 saturated carbocycles. The number of nitrogens with zero attached hydrogens (tertiary/aromatic N) is 1. The molecule has 0 aromatic carbocycles. The van der Waals surface area contributed by atoms with Gasteiger partial charge in [-0.25, -0.2) is 0 Å². The van der Waals surface area contributed by atoms with Crippen LogP contribution >= 0.6 is 0 Å². The van der Waals surface area contributed by atoms with E-state index in [4.69, 9.17) is 0 Å². The number of hydrogen-bond acceptors (Lipinski definition) is 3. The van der Waals surface area contributed by atoms with E-state index in [9.17, 15) is 9.59 Å². The Labute approximate surface area is 119 Å². The summed E-state index contributed by atoms with van der Waals surface area (Å²) in [5, 5.41) is 5.45. The van der Waals surface area contributed by atoms with Gasteiger partial charge in [-0.3, -0.25) is 14.6 Å². The number of pyridine rings is 1. The van der Waals surface area contributed by atoms with E-state index in [0.717, 1.165) is 19.3 Å². The highest BCUT2D eigenvalue weighted by Gasteiger charge is 2.10. The summed E-state index contributed by atoms with van der Waals surface area (Å²) in [5.41, 5.74) is 0.674. The highest BCUT2D eigenvalue weighted by Crippen LogP contribution is 2.02. The molecule has 1 aromatic rings. The Kier molecular flexibility index (Phi) is 7.03. The van der Waals surface area contributed by atoms with E-state index in [0.29, 0.717) is 18.7 Å². The molecule has 1 rings (SSSR count). The quantitative estimate of drug-likeness (QED) is 0.562. The van der Waals surface area contributed by atoms with Crippen LogP contribution in [0.1, 0.15) is 47.0 Å². The standard InChI is InChI=1S/C15H21N3O2/c1-3-5-6-9-18-14(19)12-7-10-16-13(11-12)15(20)17-8-4-2/h4,7,10-11H,2-3,5-6,8-9H2,1H3,(H,17,20)(H,18,19). The molecule has 0 radical (unpaired) electrons. The third kappa shape index (κ3) is 5.22. The van der Waals surface area contributed by atoms with Crippen molar-refractivity contribution in [2.45, 2.75) is 26.2 Å². The highest BCUT2D eigenvalue weighted by atomic mass is 16.2. The predicted molar refractivity (Wildman–Crippen MR) is 78.6 cm³/mol. The first-order valence-corrected chi connectivity index (χ1v) is 6.82. The van der Waals surface area contributed by atoms with Crippen LogP contribution in [0, 0.1) is 0 Å². The first-order valence-electron chi connectivity index (χ1n) is 6.82. The van der Waals surface area contributed by atoms with E-state index in [1.807, 2.05) is 0 Å².